The molecule has 0 amide bonds. The summed E-state index contributed by atoms with van der Waals surface area (Å²) in [6.45, 7) is 14.0. The molecule has 0 spiro atoms. The van der Waals surface area contributed by atoms with Crippen molar-refractivity contribution in [1.29, 1.82) is 0 Å². The Morgan fingerprint density at radius 3 is 2.47 bits per heavy atom. The van der Waals surface area contributed by atoms with E-state index in [9.17, 15) is 0 Å². The summed E-state index contributed by atoms with van der Waals surface area (Å²) in [7, 11) is 1.97. The summed E-state index contributed by atoms with van der Waals surface area (Å²) < 4.78 is 0. The van der Waals surface area contributed by atoms with Gasteiger partial charge in [0.05, 0.1) is 0 Å². The molecule has 0 atom stereocenters. The number of hydrogen-bond donors (Lipinski definition) is 1. The first-order valence-corrected chi connectivity index (χ1v) is 6.17. The van der Waals surface area contributed by atoms with Gasteiger partial charge in [-0.05, 0) is 39.4 Å². The van der Waals surface area contributed by atoms with Gasteiger partial charge in [-0.15, -0.1) is 0 Å². The van der Waals surface area contributed by atoms with Gasteiger partial charge >= 0.3 is 0 Å². The van der Waals surface area contributed by atoms with Crippen molar-refractivity contribution in [3.63, 3.8) is 0 Å². The first kappa shape index (κ1) is 14.7. The average Bonchev–Trinajstić information content (AvgIpc) is 2.16. The van der Waals surface area contributed by atoms with Gasteiger partial charge in [0.25, 0.3) is 0 Å². The lowest BCUT2D eigenvalue weighted by molar-refractivity contribution is 0.234. The zero-order chi connectivity index (χ0) is 11.7. The van der Waals surface area contributed by atoms with Crippen LogP contribution < -0.4 is 5.32 Å². The van der Waals surface area contributed by atoms with E-state index >= 15 is 0 Å². The Bertz CT molecular complexity index is 164. The molecule has 0 saturated heterocycles. The second-order valence-corrected chi connectivity index (χ2v) is 4.55. The van der Waals surface area contributed by atoms with E-state index < -0.39 is 0 Å². The predicted octanol–water partition coefficient (Wildman–Crippen LogP) is 2.66. The van der Waals surface area contributed by atoms with E-state index in [4.69, 9.17) is 0 Å². The van der Waals surface area contributed by atoms with Crippen molar-refractivity contribution in [2.24, 2.45) is 0 Å². The van der Waals surface area contributed by atoms with Gasteiger partial charge in [-0.1, -0.05) is 26.3 Å². The first-order chi connectivity index (χ1) is 7.11. The average molecular weight is 212 g/mol. The topological polar surface area (TPSA) is 15.3 Å². The molecule has 0 saturated carbocycles. The van der Waals surface area contributed by atoms with Gasteiger partial charge in [0.2, 0.25) is 0 Å². The molecular weight excluding hydrogens is 184 g/mol. The van der Waals surface area contributed by atoms with Crippen LogP contribution in [0.1, 0.15) is 40.0 Å². The number of nitrogens with zero attached hydrogens (tertiary/aromatic N) is 1. The quantitative estimate of drug-likeness (QED) is 0.467. The summed E-state index contributed by atoms with van der Waals surface area (Å²) in [6.07, 6.45) is 3.94. The Hall–Kier alpha value is -0.340. The van der Waals surface area contributed by atoms with Crippen LogP contribution in [0.2, 0.25) is 0 Å². The Balaban J connectivity index is 3.87. The fraction of sp³-hybridized carbons (Fsp3) is 0.846. The molecule has 15 heavy (non-hydrogen) atoms. The van der Waals surface area contributed by atoms with Crippen LogP contribution in [0.3, 0.4) is 0 Å². The van der Waals surface area contributed by atoms with Crippen LogP contribution in [-0.2, 0) is 0 Å². The highest BCUT2D eigenvalue weighted by Gasteiger charge is 2.09. The van der Waals surface area contributed by atoms with Crippen LogP contribution in [-0.4, -0.2) is 37.6 Å². The molecule has 0 bridgehead atoms. The zero-order valence-electron chi connectivity index (χ0n) is 11.0. The lowest BCUT2D eigenvalue weighted by Gasteiger charge is -2.27. The molecule has 0 heterocycles. The number of hydrogen-bond acceptors (Lipinski definition) is 2. The van der Waals surface area contributed by atoms with Crippen LogP contribution in [0, 0.1) is 0 Å². The molecule has 0 aliphatic rings. The summed E-state index contributed by atoms with van der Waals surface area (Å²) in [5.74, 6) is 0. The second-order valence-electron chi connectivity index (χ2n) is 4.55. The zero-order valence-corrected chi connectivity index (χ0v) is 11.0. The normalized spacial score (nSPS) is 11.3. The van der Waals surface area contributed by atoms with E-state index in [1.807, 2.05) is 7.05 Å². The van der Waals surface area contributed by atoms with Crippen LogP contribution in [0.15, 0.2) is 12.2 Å². The number of rotatable bonds is 9. The molecular formula is C13H28N2. The van der Waals surface area contributed by atoms with E-state index in [1.54, 1.807) is 0 Å². The van der Waals surface area contributed by atoms with Crippen molar-refractivity contribution in [3.8, 4) is 0 Å². The van der Waals surface area contributed by atoms with Crippen molar-refractivity contribution >= 4 is 0 Å². The first-order valence-electron chi connectivity index (χ1n) is 6.17. The SMILES string of the molecule is C=C(CNC)CN(CCCCC)C(C)C. The monoisotopic (exact) mass is 212 g/mol. The van der Waals surface area contributed by atoms with E-state index in [1.165, 1.54) is 31.4 Å². The van der Waals surface area contributed by atoms with E-state index in [-0.39, 0.29) is 0 Å². The largest absolute Gasteiger partial charge is 0.316 e. The predicted molar refractivity (Wildman–Crippen MR) is 69.3 cm³/mol. The fourth-order valence-electron chi connectivity index (χ4n) is 1.68. The van der Waals surface area contributed by atoms with Gasteiger partial charge < -0.3 is 5.32 Å². The van der Waals surface area contributed by atoms with Gasteiger partial charge in [0, 0.05) is 19.1 Å². The minimum Gasteiger partial charge on any atom is -0.316 e. The molecule has 0 fully saturated rings. The molecule has 0 rings (SSSR count). The second kappa shape index (κ2) is 8.93. The van der Waals surface area contributed by atoms with Crippen molar-refractivity contribution in [3.05, 3.63) is 12.2 Å². The molecule has 0 radical (unpaired) electrons. The van der Waals surface area contributed by atoms with Gasteiger partial charge in [0.1, 0.15) is 0 Å². The Morgan fingerprint density at radius 2 is 2.00 bits per heavy atom. The van der Waals surface area contributed by atoms with E-state index in [2.05, 4.69) is 37.6 Å². The minimum absolute atomic E-state index is 0.621. The van der Waals surface area contributed by atoms with Crippen LogP contribution in [0.5, 0.6) is 0 Å². The molecule has 0 aromatic carbocycles. The Kier molecular flexibility index (Phi) is 8.73. The van der Waals surface area contributed by atoms with Crippen LogP contribution >= 0.6 is 0 Å². The summed E-state index contributed by atoms with van der Waals surface area (Å²) >= 11 is 0. The number of likely N-dealkylation sites (N-methyl/N-ethyl adjacent to an activating group) is 1. The third kappa shape index (κ3) is 7.57. The van der Waals surface area contributed by atoms with Crippen molar-refractivity contribution in [1.82, 2.24) is 10.2 Å². The molecule has 2 heteroatoms. The van der Waals surface area contributed by atoms with Gasteiger partial charge in [-0.3, -0.25) is 4.90 Å². The maximum Gasteiger partial charge on any atom is 0.0205 e. The lowest BCUT2D eigenvalue weighted by Crippen LogP contribution is -2.35. The highest BCUT2D eigenvalue weighted by molar-refractivity contribution is 4.99. The molecule has 0 aromatic rings. The highest BCUT2D eigenvalue weighted by Crippen LogP contribution is 2.05. The summed E-state index contributed by atoms with van der Waals surface area (Å²) in [4.78, 5) is 2.51. The van der Waals surface area contributed by atoms with Crippen molar-refractivity contribution in [2.45, 2.75) is 46.1 Å². The Morgan fingerprint density at radius 1 is 1.33 bits per heavy atom. The fourth-order valence-corrected chi connectivity index (χ4v) is 1.68. The maximum absolute atomic E-state index is 4.09. The van der Waals surface area contributed by atoms with Crippen molar-refractivity contribution in [2.75, 3.05) is 26.7 Å². The third-order valence-electron chi connectivity index (χ3n) is 2.63. The lowest BCUT2D eigenvalue weighted by atomic mass is 10.2. The third-order valence-corrected chi connectivity index (χ3v) is 2.63. The molecule has 2 nitrogen and oxygen atoms in total. The Labute approximate surface area is 95.7 Å². The van der Waals surface area contributed by atoms with E-state index in [0.29, 0.717) is 6.04 Å². The summed E-state index contributed by atoms with van der Waals surface area (Å²) in [6, 6.07) is 0.621. The van der Waals surface area contributed by atoms with Crippen molar-refractivity contribution < 1.29 is 0 Å². The van der Waals surface area contributed by atoms with Crippen LogP contribution in [0.4, 0.5) is 0 Å². The number of unbranched alkanes of at least 4 members (excludes halogenated alkanes) is 2. The maximum atomic E-state index is 4.09. The van der Waals surface area contributed by atoms with Gasteiger partial charge in [0.15, 0.2) is 0 Å². The van der Waals surface area contributed by atoms with Gasteiger partial charge in [-0.2, -0.15) is 0 Å². The smallest absolute Gasteiger partial charge is 0.0205 e. The number of nitrogens with one attached hydrogen (secondary N) is 1. The standard InChI is InChI=1S/C13H28N2/c1-6-7-8-9-15(12(2)3)11-13(4)10-14-5/h12,14H,4,6-11H2,1-3,5H3. The highest BCUT2D eigenvalue weighted by atomic mass is 15.1. The molecule has 0 aliphatic carbocycles. The van der Waals surface area contributed by atoms with Gasteiger partial charge in [-0.25, -0.2) is 0 Å². The molecule has 0 unspecified atom stereocenters. The summed E-state index contributed by atoms with van der Waals surface area (Å²) in [5, 5.41) is 3.15. The summed E-state index contributed by atoms with van der Waals surface area (Å²) in [5.41, 5.74) is 1.28. The van der Waals surface area contributed by atoms with Crippen LogP contribution in [0.25, 0.3) is 0 Å². The molecule has 0 aliphatic heterocycles. The molecule has 90 valence electrons. The van der Waals surface area contributed by atoms with E-state index in [0.717, 1.165) is 13.1 Å². The molecule has 1 N–H and O–H groups in total. The molecule has 0 aromatic heterocycles. The minimum atomic E-state index is 0.621.